The predicted octanol–water partition coefficient (Wildman–Crippen LogP) is 3.03. The third-order valence-corrected chi connectivity index (χ3v) is 3.89. The van der Waals surface area contributed by atoms with Crippen molar-refractivity contribution in [1.29, 1.82) is 0 Å². The third kappa shape index (κ3) is 2.90. The van der Waals surface area contributed by atoms with Crippen molar-refractivity contribution in [3.8, 4) is 0 Å². The number of carbonyl (C=O) groups is 2. The van der Waals surface area contributed by atoms with E-state index >= 15 is 0 Å². The van der Waals surface area contributed by atoms with Crippen molar-refractivity contribution >= 4 is 35.0 Å². The summed E-state index contributed by atoms with van der Waals surface area (Å²) in [6.07, 6.45) is 0.405. The number of carbonyl (C=O) groups excluding carboxylic acids is 2. The van der Waals surface area contributed by atoms with Crippen LogP contribution in [0.25, 0.3) is 0 Å². The Bertz CT molecular complexity index is 531. The van der Waals surface area contributed by atoms with E-state index in [2.05, 4.69) is 4.98 Å². The molecule has 2 heterocycles. The number of hydrogen-bond acceptors (Lipinski definition) is 3. The minimum absolute atomic E-state index is 0.0262. The zero-order valence-corrected chi connectivity index (χ0v) is 12.2. The van der Waals surface area contributed by atoms with E-state index in [-0.39, 0.29) is 27.7 Å². The first-order chi connectivity index (χ1) is 8.90. The molecule has 2 amide bonds. The second-order valence-corrected chi connectivity index (χ2v) is 5.74. The normalized spacial score (nSPS) is 19.3. The molecule has 1 aliphatic heterocycles. The molecule has 1 saturated heterocycles. The van der Waals surface area contributed by atoms with Crippen LogP contribution in [0.15, 0.2) is 12.1 Å². The fourth-order valence-electron chi connectivity index (χ4n) is 2.10. The SMILES string of the molecule is CC(C)C1CC(=O)N(C(=O)c2ccc(Cl)nc2Cl)C1. The van der Waals surface area contributed by atoms with E-state index in [9.17, 15) is 9.59 Å². The highest BCUT2D eigenvalue weighted by Crippen LogP contribution is 2.27. The molecule has 0 bridgehead atoms. The molecule has 0 radical (unpaired) electrons. The Kier molecular flexibility index (Phi) is 4.11. The average Bonchev–Trinajstić information content (AvgIpc) is 2.71. The first-order valence-electron chi connectivity index (χ1n) is 6.07. The maximum atomic E-state index is 12.3. The molecule has 0 aliphatic carbocycles. The summed E-state index contributed by atoms with van der Waals surface area (Å²) in [5.41, 5.74) is 0.212. The van der Waals surface area contributed by atoms with E-state index in [0.717, 1.165) is 0 Å². The smallest absolute Gasteiger partial charge is 0.263 e. The molecule has 102 valence electrons. The molecule has 1 aromatic rings. The fourth-order valence-corrected chi connectivity index (χ4v) is 2.52. The first kappa shape index (κ1) is 14.3. The van der Waals surface area contributed by atoms with Crippen LogP contribution >= 0.6 is 23.2 Å². The van der Waals surface area contributed by atoms with E-state index in [1.165, 1.54) is 17.0 Å². The second kappa shape index (κ2) is 5.47. The lowest BCUT2D eigenvalue weighted by Crippen LogP contribution is -2.33. The fraction of sp³-hybridized carbons (Fsp3) is 0.462. The van der Waals surface area contributed by atoms with Crippen molar-refractivity contribution in [2.45, 2.75) is 20.3 Å². The van der Waals surface area contributed by atoms with Crippen LogP contribution in [0.2, 0.25) is 10.3 Å². The van der Waals surface area contributed by atoms with E-state index < -0.39 is 5.91 Å². The van der Waals surface area contributed by atoms with Crippen LogP contribution < -0.4 is 0 Å². The number of amides is 2. The van der Waals surface area contributed by atoms with Gasteiger partial charge in [-0.05, 0) is 24.0 Å². The Morgan fingerprint density at radius 3 is 2.63 bits per heavy atom. The number of aromatic nitrogens is 1. The largest absolute Gasteiger partial charge is 0.278 e. The Hall–Kier alpha value is -1.13. The van der Waals surface area contributed by atoms with Crippen molar-refractivity contribution in [2.24, 2.45) is 11.8 Å². The molecular formula is C13H14Cl2N2O2. The molecular weight excluding hydrogens is 287 g/mol. The van der Waals surface area contributed by atoms with Crippen molar-refractivity contribution in [2.75, 3.05) is 6.54 Å². The molecule has 1 aromatic heterocycles. The number of likely N-dealkylation sites (tertiary alicyclic amines) is 1. The average molecular weight is 301 g/mol. The van der Waals surface area contributed by atoms with Gasteiger partial charge in [0, 0.05) is 13.0 Å². The quantitative estimate of drug-likeness (QED) is 0.623. The molecule has 1 atom stereocenters. The van der Waals surface area contributed by atoms with Crippen LogP contribution in [-0.4, -0.2) is 28.2 Å². The number of imide groups is 1. The van der Waals surface area contributed by atoms with Crippen molar-refractivity contribution in [1.82, 2.24) is 9.88 Å². The van der Waals surface area contributed by atoms with Crippen LogP contribution in [0.4, 0.5) is 0 Å². The second-order valence-electron chi connectivity index (χ2n) is 4.99. The number of nitrogens with zero attached hydrogens (tertiary/aromatic N) is 2. The number of hydrogen-bond donors (Lipinski definition) is 0. The lowest BCUT2D eigenvalue weighted by molar-refractivity contribution is -0.125. The molecule has 0 spiro atoms. The van der Waals surface area contributed by atoms with Crippen LogP contribution in [0, 0.1) is 11.8 Å². The molecule has 2 rings (SSSR count). The van der Waals surface area contributed by atoms with Gasteiger partial charge >= 0.3 is 0 Å². The molecule has 1 aliphatic rings. The summed E-state index contributed by atoms with van der Waals surface area (Å²) >= 11 is 11.6. The Labute approximate surface area is 121 Å². The molecule has 0 aromatic carbocycles. The zero-order chi connectivity index (χ0) is 14.2. The van der Waals surface area contributed by atoms with Gasteiger partial charge in [0.1, 0.15) is 10.3 Å². The Morgan fingerprint density at radius 2 is 2.11 bits per heavy atom. The van der Waals surface area contributed by atoms with Gasteiger partial charge < -0.3 is 0 Å². The summed E-state index contributed by atoms with van der Waals surface area (Å²) in [5, 5.41) is 0.243. The molecule has 1 unspecified atom stereocenters. The van der Waals surface area contributed by atoms with Crippen LogP contribution in [0.5, 0.6) is 0 Å². The monoisotopic (exact) mass is 300 g/mol. The van der Waals surface area contributed by atoms with E-state index in [4.69, 9.17) is 23.2 Å². The maximum absolute atomic E-state index is 12.3. The van der Waals surface area contributed by atoms with Gasteiger partial charge in [0.15, 0.2) is 0 Å². The minimum Gasteiger partial charge on any atom is -0.278 e. The first-order valence-corrected chi connectivity index (χ1v) is 6.82. The summed E-state index contributed by atoms with van der Waals surface area (Å²) in [5.74, 6) is 0.00748. The van der Waals surface area contributed by atoms with Crippen molar-refractivity contribution in [3.63, 3.8) is 0 Å². The van der Waals surface area contributed by atoms with Gasteiger partial charge in [-0.15, -0.1) is 0 Å². The Balaban J connectivity index is 2.23. The van der Waals surface area contributed by atoms with Crippen molar-refractivity contribution in [3.05, 3.63) is 28.0 Å². The van der Waals surface area contributed by atoms with E-state index in [0.29, 0.717) is 18.9 Å². The van der Waals surface area contributed by atoms with Crippen LogP contribution in [0.3, 0.4) is 0 Å². The highest BCUT2D eigenvalue weighted by molar-refractivity contribution is 6.34. The standard InChI is InChI=1S/C13H14Cl2N2O2/c1-7(2)8-5-11(18)17(6-8)13(19)9-3-4-10(14)16-12(9)15/h3-4,7-8H,5-6H2,1-2H3. The highest BCUT2D eigenvalue weighted by Gasteiger charge is 2.36. The number of halogens is 2. The van der Waals surface area contributed by atoms with Crippen LogP contribution in [0.1, 0.15) is 30.6 Å². The molecule has 0 N–H and O–H groups in total. The molecule has 6 heteroatoms. The maximum Gasteiger partial charge on any atom is 0.263 e. The van der Waals surface area contributed by atoms with Gasteiger partial charge in [-0.2, -0.15) is 0 Å². The van der Waals surface area contributed by atoms with Crippen LogP contribution in [-0.2, 0) is 4.79 Å². The van der Waals surface area contributed by atoms with E-state index in [1.807, 2.05) is 13.8 Å². The molecule has 0 saturated carbocycles. The highest BCUT2D eigenvalue weighted by atomic mass is 35.5. The Morgan fingerprint density at radius 1 is 1.42 bits per heavy atom. The lowest BCUT2D eigenvalue weighted by atomic mass is 9.95. The van der Waals surface area contributed by atoms with Gasteiger partial charge in [-0.3, -0.25) is 14.5 Å². The van der Waals surface area contributed by atoms with Crippen molar-refractivity contribution < 1.29 is 9.59 Å². The lowest BCUT2D eigenvalue weighted by Gasteiger charge is -2.16. The zero-order valence-electron chi connectivity index (χ0n) is 10.7. The van der Waals surface area contributed by atoms with E-state index in [1.54, 1.807) is 0 Å². The summed E-state index contributed by atoms with van der Waals surface area (Å²) < 4.78 is 0. The minimum atomic E-state index is -0.401. The predicted molar refractivity (Wildman–Crippen MR) is 73.2 cm³/mol. The summed E-state index contributed by atoms with van der Waals surface area (Å²) in [6.45, 7) is 4.53. The van der Waals surface area contributed by atoms with Gasteiger partial charge in [0.2, 0.25) is 5.91 Å². The van der Waals surface area contributed by atoms with Gasteiger partial charge in [0.05, 0.1) is 5.56 Å². The van der Waals surface area contributed by atoms with Gasteiger partial charge in [-0.1, -0.05) is 37.0 Å². The van der Waals surface area contributed by atoms with Gasteiger partial charge in [0.25, 0.3) is 5.91 Å². The molecule has 1 fully saturated rings. The molecule has 4 nitrogen and oxygen atoms in total. The topological polar surface area (TPSA) is 50.3 Å². The number of rotatable bonds is 2. The van der Waals surface area contributed by atoms with Gasteiger partial charge in [-0.25, -0.2) is 4.98 Å². The summed E-state index contributed by atoms with van der Waals surface area (Å²) in [6, 6.07) is 2.98. The molecule has 19 heavy (non-hydrogen) atoms. The number of pyridine rings is 1. The summed E-state index contributed by atoms with van der Waals surface area (Å²) in [7, 11) is 0. The summed E-state index contributed by atoms with van der Waals surface area (Å²) in [4.78, 5) is 29.3. The third-order valence-electron chi connectivity index (χ3n) is 3.39.